The zero-order valence-corrected chi connectivity index (χ0v) is 14.1. The van der Waals surface area contributed by atoms with Crippen LogP contribution < -0.4 is 5.73 Å². The van der Waals surface area contributed by atoms with Crippen LogP contribution in [0.3, 0.4) is 0 Å². The van der Waals surface area contributed by atoms with Crippen molar-refractivity contribution < 1.29 is 8.42 Å². The van der Waals surface area contributed by atoms with Gasteiger partial charge in [0.15, 0.2) is 0 Å². The van der Waals surface area contributed by atoms with E-state index in [0.717, 1.165) is 13.0 Å². The number of nitrogens with two attached hydrogens (primary N) is 1. The second kappa shape index (κ2) is 6.58. The average molecular weight is 348 g/mol. The van der Waals surface area contributed by atoms with Crippen LogP contribution in [0, 0.1) is 0 Å². The lowest BCUT2D eigenvalue weighted by Crippen LogP contribution is -2.34. The van der Waals surface area contributed by atoms with Crippen molar-refractivity contribution in [3.63, 3.8) is 0 Å². The second-order valence-corrected chi connectivity index (χ2v) is 7.82. The Labute approximate surface area is 135 Å². The first-order valence-corrected chi connectivity index (χ1v) is 8.83. The summed E-state index contributed by atoms with van der Waals surface area (Å²) in [7, 11) is -1.65. The summed E-state index contributed by atoms with van der Waals surface area (Å²) in [5.74, 6) is 0. The molecule has 8 heteroatoms. The Kier molecular flexibility index (Phi) is 5.21. The van der Waals surface area contributed by atoms with Crippen molar-refractivity contribution in [1.82, 2.24) is 9.21 Å². The second-order valence-electron chi connectivity index (χ2n) is 5.07. The zero-order valence-electron chi connectivity index (χ0n) is 11.8. The van der Waals surface area contributed by atoms with Crippen LogP contribution in [0.25, 0.3) is 0 Å². The fourth-order valence-electron chi connectivity index (χ4n) is 2.26. The Bertz CT molecular complexity index is 649. The van der Waals surface area contributed by atoms with E-state index in [1.165, 1.54) is 16.4 Å². The smallest absolute Gasteiger partial charge is 0.244 e. The van der Waals surface area contributed by atoms with Gasteiger partial charge in [0.1, 0.15) is 9.88 Å². The Morgan fingerprint density at radius 3 is 2.67 bits per heavy atom. The molecule has 1 heterocycles. The number of nitrogens with zero attached hydrogens (tertiary/aromatic N) is 2. The lowest BCUT2D eigenvalue weighted by molar-refractivity contribution is 0.347. The van der Waals surface area contributed by atoms with Crippen LogP contribution in [0.15, 0.2) is 23.1 Å². The number of hydrogen-bond acceptors (Lipinski definition) is 4. The predicted molar refractivity (Wildman–Crippen MR) is 88.2 cm³/mol. The maximum Gasteiger partial charge on any atom is 0.244 e. The fourth-order valence-corrected chi connectivity index (χ4v) is 4.35. The molecule has 0 aromatic heterocycles. The van der Waals surface area contributed by atoms with E-state index in [1.54, 1.807) is 6.07 Å². The van der Waals surface area contributed by atoms with Crippen molar-refractivity contribution in [3.8, 4) is 0 Å². The SMILES string of the molecule is CN1CCCN(S(=O)(=O)c2cc(C(N)=S)ccc2Cl)CC1. The third kappa shape index (κ3) is 3.73. The lowest BCUT2D eigenvalue weighted by atomic mass is 10.2. The normalized spacial score (nSPS) is 18.4. The first kappa shape index (κ1) is 16.6. The lowest BCUT2D eigenvalue weighted by Gasteiger charge is -2.21. The number of rotatable bonds is 3. The van der Waals surface area contributed by atoms with E-state index in [1.807, 2.05) is 7.05 Å². The van der Waals surface area contributed by atoms with E-state index < -0.39 is 10.0 Å². The molecular formula is C13H18ClN3O2S2. The average Bonchev–Trinajstić information content (AvgIpc) is 2.64. The van der Waals surface area contributed by atoms with Crippen molar-refractivity contribution >= 4 is 38.8 Å². The highest BCUT2D eigenvalue weighted by molar-refractivity contribution is 7.89. The van der Waals surface area contributed by atoms with Gasteiger partial charge < -0.3 is 10.6 Å². The van der Waals surface area contributed by atoms with Gasteiger partial charge in [-0.05, 0) is 32.1 Å². The maximum atomic E-state index is 12.8. The number of hydrogen-bond donors (Lipinski definition) is 1. The quantitative estimate of drug-likeness (QED) is 0.835. The summed E-state index contributed by atoms with van der Waals surface area (Å²) in [4.78, 5) is 2.33. The Morgan fingerprint density at radius 1 is 1.29 bits per heavy atom. The fraction of sp³-hybridized carbons (Fsp3) is 0.462. The first-order chi connectivity index (χ1) is 9.82. The first-order valence-electron chi connectivity index (χ1n) is 6.60. The highest BCUT2D eigenvalue weighted by atomic mass is 35.5. The van der Waals surface area contributed by atoms with Crippen LogP contribution in [0.2, 0.25) is 5.02 Å². The largest absolute Gasteiger partial charge is 0.389 e. The highest BCUT2D eigenvalue weighted by Crippen LogP contribution is 2.26. The molecule has 116 valence electrons. The van der Waals surface area contributed by atoms with Gasteiger partial charge in [0, 0.05) is 25.2 Å². The summed E-state index contributed by atoms with van der Waals surface area (Å²) in [6.07, 6.45) is 0.794. The molecule has 1 fully saturated rings. The molecule has 2 rings (SSSR count). The van der Waals surface area contributed by atoms with Gasteiger partial charge in [-0.1, -0.05) is 29.9 Å². The molecule has 5 nitrogen and oxygen atoms in total. The molecule has 1 aliphatic heterocycles. The van der Waals surface area contributed by atoms with Gasteiger partial charge in [-0.15, -0.1) is 0 Å². The van der Waals surface area contributed by atoms with Crippen LogP contribution in [0.5, 0.6) is 0 Å². The summed E-state index contributed by atoms with van der Waals surface area (Å²) < 4.78 is 27.0. The predicted octanol–water partition coefficient (Wildman–Crippen LogP) is 1.30. The molecule has 0 bridgehead atoms. The van der Waals surface area contributed by atoms with Crippen LogP contribution >= 0.6 is 23.8 Å². The molecule has 0 amide bonds. The van der Waals surface area contributed by atoms with E-state index in [0.29, 0.717) is 25.2 Å². The standard InChI is InChI=1S/C13H18ClN3O2S2/c1-16-5-2-6-17(8-7-16)21(18,19)12-9-10(13(15)20)3-4-11(12)14/h3-4,9H,2,5-8H2,1H3,(H2,15,20). The Hall–Kier alpha value is -0.730. The highest BCUT2D eigenvalue weighted by Gasteiger charge is 2.28. The number of sulfonamides is 1. The molecule has 0 spiro atoms. The molecule has 0 radical (unpaired) electrons. The van der Waals surface area contributed by atoms with E-state index in [4.69, 9.17) is 29.6 Å². The van der Waals surface area contributed by atoms with Gasteiger partial charge in [-0.2, -0.15) is 4.31 Å². The minimum absolute atomic E-state index is 0.0685. The molecule has 0 aliphatic carbocycles. The topological polar surface area (TPSA) is 66.6 Å². The molecular weight excluding hydrogens is 330 g/mol. The molecule has 0 atom stereocenters. The summed E-state index contributed by atoms with van der Waals surface area (Å²) >= 11 is 11.0. The maximum absolute atomic E-state index is 12.8. The van der Waals surface area contributed by atoms with Crippen LogP contribution in [0.4, 0.5) is 0 Å². The van der Waals surface area contributed by atoms with Crippen LogP contribution in [0.1, 0.15) is 12.0 Å². The van der Waals surface area contributed by atoms with Gasteiger partial charge in [0.2, 0.25) is 10.0 Å². The third-order valence-corrected chi connectivity index (χ3v) is 6.13. The van der Waals surface area contributed by atoms with Gasteiger partial charge in [0.05, 0.1) is 5.02 Å². The molecule has 0 unspecified atom stereocenters. The molecule has 1 aromatic rings. The Balaban J connectivity index is 2.39. The number of likely N-dealkylation sites (N-methyl/N-ethyl adjacent to an activating group) is 1. The van der Waals surface area contributed by atoms with Gasteiger partial charge in [-0.25, -0.2) is 8.42 Å². The van der Waals surface area contributed by atoms with Crippen molar-refractivity contribution in [2.24, 2.45) is 5.73 Å². The van der Waals surface area contributed by atoms with Gasteiger partial charge in [-0.3, -0.25) is 0 Å². The summed E-state index contributed by atoms with van der Waals surface area (Å²) in [6, 6.07) is 4.60. The molecule has 2 N–H and O–H groups in total. The van der Waals surface area contributed by atoms with Crippen molar-refractivity contribution in [3.05, 3.63) is 28.8 Å². The summed E-state index contributed by atoms with van der Waals surface area (Å²) in [5.41, 5.74) is 6.07. The summed E-state index contributed by atoms with van der Waals surface area (Å²) in [6.45, 7) is 2.52. The minimum Gasteiger partial charge on any atom is -0.389 e. The summed E-state index contributed by atoms with van der Waals surface area (Å²) in [5, 5.41) is 0.188. The van der Waals surface area contributed by atoms with Crippen LogP contribution in [-0.2, 0) is 10.0 Å². The molecule has 1 aliphatic rings. The van der Waals surface area contributed by atoms with Gasteiger partial charge in [0.25, 0.3) is 0 Å². The van der Waals surface area contributed by atoms with E-state index in [2.05, 4.69) is 4.90 Å². The molecule has 21 heavy (non-hydrogen) atoms. The number of thiocarbonyl (C=S) groups is 1. The zero-order chi connectivity index (χ0) is 15.6. The third-order valence-electron chi connectivity index (χ3n) is 3.51. The molecule has 1 saturated heterocycles. The molecule has 1 aromatic carbocycles. The van der Waals surface area contributed by atoms with Crippen molar-refractivity contribution in [2.45, 2.75) is 11.3 Å². The number of benzene rings is 1. The van der Waals surface area contributed by atoms with E-state index in [-0.39, 0.29) is 14.9 Å². The van der Waals surface area contributed by atoms with E-state index in [9.17, 15) is 8.42 Å². The van der Waals surface area contributed by atoms with Crippen LogP contribution in [-0.4, -0.2) is 55.8 Å². The minimum atomic E-state index is -3.64. The van der Waals surface area contributed by atoms with Crippen molar-refractivity contribution in [1.29, 1.82) is 0 Å². The van der Waals surface area contributed by atoms with Gasteiger partial charge >= 0.3 is 0 Å². The van der Waals surface area contributed by atoms with Crippen molar-refractivity contribution in [2.75, 3.05) is 33.2 Å². The van der Waals surface area contributed by atoms with E-state index >= 15 is 0 Å². The monoisotopic (exact) mass is 347 g/mol. The number of halogens is 1. The Morgan fingerprint density at radius 2 is 2.00 bits per heavy atom. The molecule has 0 saturated carbocycles.